The fourth-order valence-electron chi connectivity index (χ4n) is 2.64. The minimum atomic E-state index is -3.91. The summed E-state index contributed by atoms with van der Waals surface area (Å²) in [7, 11) is -6.35. The standard InChI is InChI=1S/C16H21N3O4S2/c1-11-5-8-14(9-6-11)25(22,23)19(4)16-12(2)7-10-15(13(16)3)24(20,21)18-17/h5-10,18H,17H2,1-4H3. The number of nitrogens with two attached hydrogens (primary N) is 1. The van der Waals surface area contributed by atoms with Crippen LogP contribution >= 0.6 is 0 Å². The molecule has 0 aromatic heterocycles. The summed E-state index contributed by atoms with van der Waals surface area (Å²) in [5.74, 6) is 5.09. The van der Waals surface area contributed by atoms with E-state index in [2.05, 4.69) is 0 Å². The second-order valence-corrected chi connectivity index (χ2v) is 9.41. The molecule has 2 rings (SSSR count). The Labute approximate surface area is 148 Å². The normalized spacial score (nSPS) is 12.2. The average Bonchev–Trinajstić information content (AvgIpc) is 2.54. The number of anilines is 1. The largest absolute Gasteiger partial charge is 0.269 e. The summed E-state index contributed by atoms with van der Waals surface area (Å²) in [5, 5.41) is 0. The van der Waals surface area contributed by atoms with Gasteiger partial charge in [-0.05, 0) is 50.1 Å². The highest BCUT2D eigenvalue weighted by Gasteiger charge is 2.27. The lowest BCUT2D eigenvalue weighted by Gasteiger charge is -2.24. The Balaban J connectivity index is 2.65. The molecule has 0 unspecified atom stereocenters. The highest BCUT2D eigenvalue weighted by atomic mass is 32.2. The quantitative estimate of drug-likeness (QED) is 0.602. The number of benzene rings is 2. The topological polar surface area (TPSA) is 110 Å². The van der Waals surface area contributed by atoms with E-state index < -0.39 is 20.0 Å². The van der Waals surface area contributed by atoms with Crippen molar-refractivity contribution in [2.24, 2.45) is 5.84 Å². The highest BCUT2D eigenvalue weighted by Crippen LogP contribution is 2.32. The summed E-state index contributed by atoms with van der Waals surface area (Å²) >= 11 is 0. The summed E-state index contributed by atoms with van der Waals surface area (Å²) in [6.07, 6.45) is 0. The van der Waals surface area contributed by atoms with Crippen molar-refractivity contribution >= 4 is 25.7 Å². The van der Waals surface area contributed by atoms with E-state index in [0.29, 0.717) is 16.8 Å². The number of hydrogen-bond acceptors (Lipinski definition) is 5. The predicted molar refractivity (Wildman–Crippen MR) is 97.2 cm³/mol. The van der Waals surface area contributed by atoms with Crippen molar-refractivity contribution in [1.82, 2.24) is 4.83 Å². The molecule has 9 heteroatoms. The van der Waals surface area contributed by atoms with Crippen LogP contribution in [0.5, 0.6) is 0 Å². The van der Waals surface area contributed by atoms with Crippen LogP contribution in [0.15, 0.2) is 46.2 Å². The Kier molecular flexibility index (Phi) is 5.24. The average molecular weight is 383 g/mol. The van der Waals surface area contributed by atoms with Crippen LogP contribution in [0.1, 0.15) is 16.7 Å². The molecule has 7 nitrogen and oxygen atoms in total. The Morgan fingerprint density at radius 1 is 0.920 bits per heavy atom. The third-order valence-electron chi connectivity index (χ3n) is 4.02. The molecule has 0 saturated carbocycles. The minimum Gasteiger partial charge on any atom is -0.269 e. The zero-order valence-corrected chi connectivity index (χ0v) is 16.1. The first kappa shape index (κ1) is 19.4. The van der Waals surface area contributed by atoms with Crippen LogP contribution in [0, 0.1) is 20.8 Å². The summed E-state index contributed by atoms with van der Waals surface area (Å²) in [4.78, 5) is 1.83. The predicted octanol–water partition coefficient (Wildman–Crippen LogP) is 1.59. The first-order chi connectivity index (χ1) is 11.5. The highest BCUT2D eigenvalue weighted by molar-refractivity contribution is 7.92. The van der Waals surface area contributed by atoms with Crippen LogP contribution in [0.25, 0.3) is 0 Å². The first-order valence-corrected chi connectivity index (χ1v) is 10.3. The van der Waals surface area contributed by atoms with Gasteiger partial charge in [0.15, 0.2) is 0 Å². The van der Waals surface area contributed by atoms with Crippen molar-refractivity contribution in [3.05, 3.63) is 53.1 Å². The number of nitrogens with zero attached hydrogens (tertiary/aromatic N) is 1. The smallest absolute Gasteiger partial charge is 0.264 e. The van der Waals surface area contributed by atoms with Crippen molar-refractivity contribution in [1.29, 1.82) is 0 Å². The van der Waals surface area contributed by atoms with Gasteiger partial charge in [0, 0.05) is 7.05 Å². The number of sulfonamides is 2. The number of rotatable bonds is 5. The van der Waals surface area contributed by atoms with E-state index in [-0.39, 0.29) is 9.79 Å². The monoisotopic (exact) mass is 383 g/mol. The van der Waals surface area contributed by atoms with Crippen molar-refractivity contribution in [2.75, 3.05) is 11.4 Å². The van der Waals surface area contributed by atoms with E-state index in [9.17, 15) is 16.8 Å². The van der Waals surface area contributed by atoms with Crippen molar-refractivity contribution in [2.45, 2.75) is 30.6 Å². The van der Waals surface area contributed by atoms with Gasteiger partial charge in [-0.15, -0.1) is 0 Å². The van der Waals surface area contributed by atoms with Crippen molar-refractivity contribution < 1.29 is 16.8 Å². The third kappa shape index (κ3) is 3.54. The van der Waals surface area contributed by atoms with Gasteiger partial charge >= 0.3 is 0 Å². The molecule has 3 N–H and O–H groups in total. The fraction of sp³-hybridized carbons (Fsp3) is 0.250. The van der Waals surface area contributed by atoms with Crippen LogP contribution < -0.4 is 15.0 Å². The maximum Gasteiger partial charge on any atom is 0.264 e. The maximum atomic E-state index is 12.9. The van der Waals surface area contributed by atoms with Crippen LogP contribution in [-0.2, 0) is 20.0 Å². The second kappa shape index (κ2) is 6.75. The molecule has 2 aromatic carbocycles. The molecular formula is C16H21N3O4S2. The SMILES string of the molecule is Cc1ccc(S(=O)(=O)N(C)c2c(C)ccc(S(=O)(=O)NN)c2C)cc1. The number of aryl methyl sites for hydroxylation is 2. The Hall–Kier alpha value is -1.94. The number of nitrogens with one attached hydrogen (secondary N) is 1. The van der Waals surface area contributed by atoms with E-state index in [1.165, 1.54) is 25.2 Å². The van der Waals surface area contributed by atoms with Gasteiger partial charge in [0.2, 0.25) is 0 Å². The zero-order valence-electron chi connectivity index (χ0n) is 14.4. The van der Waals surface area contributed by atoms with E-state index >= 15 is 0 Å². The van der Waals surface area contributed by atoms with Gasteiger partial charge in [-0.2, -0.15) is 4.83 Å². The van der Waals surface area contributed by atoms with Gasteiger partial charge in [-0.3, -0.25) is 10.1 Å². The molecular weight excluding hydrogens is 362 g/mol. The summed E-state index contributed by atoms with van der Waals surface area (Å²) in [6, 6.07) is 9.41. The molecule has 0 saturated heterocycles. The van der Waals surface area contributed by atoms with Gasteiger partial charge in [0.1, 0.15) is 0 Å². The van der Waals surface area contributed by atoms with Gasteiger partial charge in [-0.25, -0.2) is 16.8 Å². The summed E-state index contributed by atoms with van der Waals surface area (Å²) < 4.78 is 51.0. The lowest BCUT2D eigenvalue weighted by atomic mass is 10.1. The van der Waals surface area contributed by atoms with Gasteiger partial charge < -0.3 is 0 Å². The number of hydrazine groups is 1. The Morgan fingerprint density at radius 2 is 1.48 bits per heavy atom. The lowest BCUT2D eigenvalue weighted by Crippen LogP contribution is -2.32. The fourth-order valence-corrected chi connectivity index (χ4v) is 4.84. The summed E-state index contributed by atoms with van der Waals surface area (Å²) in [6.45, 7) is 5.13. The number of hydrogen-bond donors (Lipinski definition) is 2. The van der Waals surface area contributed by atoms with Crippen molar-refractivity contribution in [3.63, 3.8) is 0 Å². The van der Waals surface area contributed by atoms with Gasteiger partial charge in [0.25, 0.3) is 20.0 Å². The van der Waals surface area contributed by atoms with Gasteiger partial charge in [0.05, 0.1) is 15.5 Å². The first-order valence-electron chi connectivity index (χ1n) is 7.40. The van der Waals surface area contributed by atoms with Crippen LogP contribution in [-0.4, -0.2) is 23.9 Å². The van der Waals surface area contributed by atoms with E-state index in [0.717, 1.165) is 9.87 Å². The molecule has 0 aliphatic carbocycles. The molecule has 0 spiro atoms. The molecule has 0 aliphatic heterocycles. The molecule has 0 amide bonds. The Morgan fingerprint density at radius 3 is 2.00 bits per heavy atom. The maximum absolute atomic E-state index is 12.9. The molecule has 0 heterocycles. The van der Waals surface area contributed by atoms with E-state index in [4.69, 9.17) is 5.84 Å². The van der Waals surface area contributed by atoms with E-state index in [1.54, 1.807) is 36.9 Å². The zero-order chi connectivity index (χ0) is 19.0. The van der Waals surface area contributed by atoms with Gasteiger partial charge in [-0.1, -0.05) is 23.8 Å². The van der Waals surface area contributed by atoms with Crippen LogP contribution in [0.3, 0.4) is 0 Å². The lowest BCUT2D eigenvalue weighted by molar-refractivity contribution is 0.582. The minimum absolute atomic E-state index is 0.0680. The molecule has 0 radical (unpaired) electrons. The molecule has 0 atom stereocenters. The Bertz CT molecular complexity index is 998. The van der Waals surface area contributed by atoms with Crippen LogP contribution in [0.4, 0.5) is 5.69 Å². The van der Waals surface area contributed by atoms with Crippen molar-refractivity contribution in [3.8, 4) is 0 Å². The molecule has 0 fully saturated rings. The van der Waals surface area contributed by atoms with E-state index in [1.807, 2.05) is 6.92 Å². The molecule has 2 aromatic rings. The summed E-state index contributed by atoms with van der Waals surface area (Å²) in [5.41, 5.74) is 2.18. The third-order valence-corrected chi connectivity index (χ3v) is 7.13. The molecule has 0 aliphatic rings. The second-order valence-electron chi connectivity index (χ2n) is 5.76. The molecule has 136 valence electrons. The molecule has 25 heavy (non-hydrogen) atoms. The molecule has 0 bridgehead atoms. The van der Waals surface area contributed by atoms with Crippen LogP contribution in [0.2, 0.25) is 0 Å².